The van der Waals surface area contributed by atoms with Gasteiger partial charge in [0.25, 0.3) is 11.8 Å². The predicted octanol–water partition coefficient (Wildman–Crippen LogP) is 4.34. The lowest BCUT2D eigenvalue weighted by Gasteiger charge is -2.15. The van der Waals surface area contributed by atoms with Gasteiger partial charge in [-0.25, -0.2) is 0 Å². The molecule has 1 fully saturated rings. The van der Waals surface area contributed by atoms with E-state index < -0.39 is 6.10 Å². The molecule has 2 aliphatic rings. The quantitative estimate of drug-likeness (QED) is 0.522. The molecule has 0 bridgehead atoms. The van der Waals surface area contributed by atoms with Gasteiger partial charge in [-0.3, -0.25) is 9.59 Å². The molecule has 6 nitrogen and oxygen atoms in total. The number of carbonyl (C=O) groups excluding carboxylic acids is 2. The number of aromatic nitrogens is 1. The van der Waals surface area contributed by atoms with Crippen molar-refractivity contribution in [3.05, 3.63) is 76.1 Å². The number of anilines is 1. The molecular weight excluding hydrogens is 426 g/mol. The molecule has 2 amide bonds. The van der Waals surface area contributed by atoms with Gasteiger partial charge < -0.3 is 20.3 Å². The van der Waals surface area contributed by atoms with Gasteiger partial charge >= 0.3 is 0 Å². The van der Waals surface area contributed by atoms with Gasteiger partial charge in [0.15, 0.2) is 0 Å². The van der Waals surface area contributed by atoms with E-state index >= 15 is 0 Å². The van der Waals surface area contributed by atoms with Crippen molar-refractivity contribution in [3.63, 3.8) is 0 Å². The van der Waals surface area contributed by atoms with Gasteiger partial charge in [-0.1, -0.05) is 35.9 Å². The van der Waals surface area contributed by atoms with E-state index in [4.69, 9.17) is 11.6 Å². The van der Waals surface area contributed by atoms with Gasteiger partial charge in [0.1, 0.15) is 0 Å². The van der Waals surface area contributed by atoms with Crippen LogP contribution in [0.3, 0.4) is 0 Å². The van der Waals surface area contributed by atoms with Crippen LogP contribution in [0.15, 0.2) is 48.7 Å². The number of aromatic amines is 1. The second-order valence-electron chi connectivity index (χ2n) is 8.19. The van der Waals surface area contributed by atoms with E-state index in [0.717, 1.165) is 27.9 Å². The number of rotatable bonds is 3. The minimum Gasteiger partial charge on any atom is -0.391 e. The Morgan fingerprint density at radius 3 is 2.81 bits per heavy atom. The SMILES string of the molecule is Cc1c(C(=O)N2CC[C@H](O)C2)c[nH]c1/C=C1\C(=O)Nc2cccc(-c3cccc(Cl)c3)c21. The Balaban J connectivity index is 1.55. The lowest BCUT2D eigenvalue weighted by atomic mass is 9.94. The van der Waals surface area contributed by atoms with Crippen LogP contribution in [0, 0.1) is 6.92 Å². The maximum atomic E-state index is 12.9. The van der Waals surface area contributed by atoms with Gasteiger partial charge in [-0.2, -0.15) is 0 Å². The molecule has 0 aliphatic carbocycles. The fraction of sp³-hybridized carbons (Fsp3) is 0.200. The van der Waals surface area contributed by atoms with Gasteiger partial charge in [-0.15, -0.1) is 0 Å². The number of aliphatic hydroxyl groups is 1. The number of likely N-dealkylation sites (tertiary alicyclic amines) is 1. The van der Waals surface area contributed by atoms with E-state index in [1.165, 1.54) is 0 Å². The van der Waals surface area contributed by atoms with Crippen molar-refractivity contribution in [2.24, 2.45) is 0 Å². The van der Waals surface area contributed by atoms with Gasteiger partial charge in [0, 0.05) is 41.3 Å². The molecule has 1 aromatic heterocycles. The highest BCUT2D eigenvalue weighted by atomic mass is 35.5. The van der Waals surface area contributed by atoms with Crippen LogP contribution in [0.25, 0.3) is 22.8 Å². The molecule has 0 spiro atoms. The van der Waals surface area contributed by atoms with E-state index in [1.54, 1.807) is 17.2 Å². The minimum absolute atomic E-state index is 0.115. The molecular formula is C25H22ClN3O3. The highest BCUT2D eigenvalue weighted by molar-refractivity contribution is 6.36. The molecule has 1 saturated heterocycles. The summed E-state index contributed by atoms with van der Waals surface area (Å²) in [7, 11) is 0. The third kappa shape index (κ3) is 3.51. The van der Waals surface area contributed by atoms with E-state index in [2.05, 4.69) is 10.3 Å². The molecule has 7 heteroatoms. The van der Waals surface area contributed by atoms with Crippen molar-refractivity contribution < 1.29 is 14.7 Å². The van der Waals surface area contributed by atoms with Gasteiger partial charge in [0.05, 0.1) is 17.2 Å². The second kappa shape index (κ2) is 7.97. The number of amides is 2. The topological polar surface area (TPSA) is 85.4 Å². The molecule has 0 saturated carbocycles. The highest BCUT2D eigenvalue weighted by Gasteiger charge is 2.30. The van der Waals surface area contributed by atoms with Crippen LogP contribution in [0.4, 0.5) is 5.69 Å². The summed E-state index contributed by atoms with van der Waals surface area (Å²) in [6, 6.07) is 13.3. The molecule has 3 heterocycles. The van der Waals surface area contributed by atoms with Crippen LogP contribution in [0.2, 0.25) is 5.02 Å². The molecule has 0 radical (unpaired) electrons. The van der Waals surface area contributed by atoms with Crippen LogP contribution in [-0.4, -0.2) is 46.0 Å². The maximum Gasteiger partial charge on any atom is 0.256 e. The molecule has 3 aromatic rings. The fourth-order valence-corrected chi connectivity index (χ4v) is 4.60. The Labute approximate surface area is 190 Å². The summed E-state index contributed by atoms with van der Waals surface area (Å²) >= 11 is 6.20. The predicted molar refractivity (Wildman–Crippen MR) is 125 cm³/mol. The first-order valence-corrected chi connectivity index (χ1v) is 10.9. The van der Waals surface area contributed by atoms with Crippen LogP contribution < -0.4 is 5.32 Å². The number of aliphatic hydroxyl groups excluding tert-OH is 1. The Morgan fingerprint density at radius 2 is 2.06 bits per heavy atom. The normalized spacial score (nSPS) is 18.8. The second-order valence-corrected chi connectivity index (χ2v) is 8.62. The zero-order valence-electron chi connectivity index (χ0n) is 17.5. The highest BCUT2D eigenvalue weighted by Crippen LogP contribution is 2.41. The number of fused-ring (bicyclic) bond motifs is 1. The number of β-amino-alcohol motifs (C(OH)–C–C–N with tert-alkyl or cyclic N) is 1. The van der Waals surface area contributed by atoms with E-state index in [9.17, 15) is 14.7 Å². The van der Waals surface area contributed by atoms with Crippen LogP contribution in [0.5, 0.6) is 0 Å². The van der Waals surface area contributed by atoms with Crippen LogP contribution in [-0.2, 0) is 4.79 Å². The van der Waals surface area contributed by atoms with E-state index in [0.29, 0.717) is 41.4 Å². The van der Waals surface area contributed by atoms with Gasteiger partial charge in [-0.05, 0) is 54.3 Å². The first-order chi connectivity index (χ1) is 15.4. The van der Waals surface area contributed by atoms with Crippen molar-refractivity contribution in [1.29, 1.82) is 0 Å². The van der Waals surface area contributed by atoms with E-state index in [-0.39, 0.29) is 11.8 Å². The molecule has 2 aromatic carbocycles. The summed E-state index contributed by atoms with van der Waals surface area (Å²) in [5, 5.41) is 13.3. The van der Waals surface area contributed by atoms with Crippen molar-refractivity contribution in [2.45, 2.75) is 19.4 Å². The Bertz CT molecular complexity index is 1280. The lowest BCUT2D eigenvalue weighted by molar-refractivity contribution is -0.110. The number of H-pyrrole nitrogens is 1. The smallest absolute Gasteiger partial charge is 0.256 e. The number of nitrogens with zero attached hydrogens (tertiary/aromatic N) is 1. The summed E-state index contributed by atoms with van der Waals surface area (Å²) in [5.74, 6) is -0.310. The van der Waals surface area contributed by atoms with Gasteiger partial charge in [0.2, 0.25) is 0 Å². The molecule has 1 atom stereocenters. The fourth-order valence-electron chi connectivity index (χ4n) is 4.41. The largest absolute Gasteiger partial charge is 0.391 e. The minimum atomic E-state index is -0.469. The molecule has 2 aliphatic heterocycles. The number of carbonyl (C=O) groups is 2. The Kier molecular flexibility index (Phi) is 5.12. The van der Waals surface area contributed by atoms with Crippen LogP contribution >= 0.6 is 11.6 Å². The van der Waals surface area contributed by atoms with Crippen molar-refractivity contribution in [1.82, 2.24) is 9.88 Å². The molecule has 5 rings (SSSR count). The number of benzene rings is 2. The number of nitrogens with one attached hydrogen (secondary N) is 2. The summed E-state index contributed by atoms with van der Waals surface area (Å²) in [6.07, 6.45) is 3.59. The first-order valence-electron chi connectivity index (χ1n) is 10.5. The lowest BCUT2D eigenvalue weighted by Crippen LogP contribution is -2.29. The summed E-state index contributed by atoms with van der Waals surface area (Å²) in [4.78, 5) is 30.5. The molecule has 32 heavy (non-hydrogen) atoms. The standard InChI is InChI=1S/C25H22ClN3O3/c1-14-20(25(32)29-9-8-17(30)13-29)12-27-22(14)11-19-23-18(15-4-2-5-16(26)10-15)6-3-7-21(23)28-24(19)31/h2-7,10-12,17,27,30H,8-9,13H2,1H3,(H,28,31)/b19-11-/t17-/m0/s1. The summed E-state index contributed by atoms with van der Waals surface area (Å²) in [6.45, 7) is 2.75. The molecule has 3 N–H and O–H groups in total. The monoisotopic (exact) mass is 447 g/mol. The number of hydrogen-bond acceptors (Lipinski definition) is 3. The average Bonchev–Trinajstić information content (AvgIpc) is 3.45. The van der Waals surface area contributed by atoms with Crippen molar-refractivity contribution in [3.8, 4) is 11.1 Å². The van der Waals surface area contributed by atoms with E-state index in [1.807, 2.05) is 49.4 Å². The third-order valence-electron chi connectivity index (χ3n) is 6.11. The average molecular weight is 448 g/mol. The third-order valence-corrected chi connectivity index (χ3v) is 6.35. The summed E-state index contributed by atoms with van der Waals surface area (Å²) in [5.41, 5.74) is 5.92. The van der Waals surface area contributed by atoms with Crippen molar-refractivity contribution >= 4 is 40.8 Å². The van der Waals surface area contributed by atoms with Crippen molar-refractivity contribution in [2.75, 3.05) is 18.4 Å². The zero-order chi connectivity index (χ0) is 22.4. The summed E-state index contributed by atoms with van der Waals surface area (Å²) < 4.78 is 0. The maximum absolute atomic E-state index is 12.9. The molecule has 0 unspecified atom stereocenters. The first kappa shape index (κ1) is 20.5. The molecule has 162 valence electrons. The number of hydrogen-bond donors (Lipinski definition) is 3. The Hall–Kier alpha value is -3.35. The Morgan fingerprint density at radius 1 is 1.25 bits per heavy atom. The zero-order valence-corrected chi connectivity index (χ0v) is 18.2. The van der Waals surface area contributed by atoms with Crippen LogP contribution in [0.1, 0.15) is 33.6 Å². The number of halogens is 1.